The first-order chi connectivity index (χ1) is 23.4. The fourth-order valence-corrected chi connectivity index (χ4v) is 8.76. The van der Waals surface area contributed by atoms with Crippen molar-refractivity contribution in [3.8, 4) is 17.9 Å². The lowest BCUT2D eigenvalue weighted by atomic mass is 9.79. The number of nitriles is 1. The Kier molecular flexibility index (Phi) is 11.4. The molecule has 6 rings (SSSR count). The number of thioether (sulfide) groups is 1. The molecule has 1 aliphatic carbocycles. The van der Waals surface area contributed by atoms with Crippen LogP contribution in [0.3, 0.4) is 0 Å². The smallest absolute Gasteiger partial charge is 0.411 e. The molecule has 13 heteroatoms. The number of anilines is 1. The van der Waals surface area contributed by atoms with E-state index in [4.69, 9.17) is 14.5 Å². The quantitative estimate of drug-likeness (QED) is 0.161. The van der Waals surface area contributed by atoms with Crippen molar-refractivity contribution in [1.82, 2.24) is 14.8 Å². The number of nitrogens with zero attached hydrogens (tertiary/aromatic N) is 4. The molecule has 4 fully saturated rings. The molecule has 1 N–H and O–H groups in total. The van der Waals surface area contributed by atoms with Gasteiger partial charge in [-0.1, -0.05) is 38.4 Å². The SMILES string of the molecule is CSc1nc2c(F)c(Br)c(CCC#N)cc2c(N[C@H]2[C@@H]3C[C@H]2N(C(=O)OC(C)(C)C)C3)c1C#C[C@H]1C[C@@H](C)[C@@H](C)N1C(=O)OCC[Si](C)(C)C. The van der Waals surface area contributed by atoms with E-state index in [9.17, 15) is 14.9 Å². The summed E-state index contributed by atoms with van der Waals surface area (Å²) in [5.41, 5.74) is 1.51. The Balaban J connectivity index is 1.57. The molecule has 1 aromatic carbocycles. The van der Waals surface area contributed by atoms with Crippen molar-refractivity contribution in [2.75, 3.05) is 24.7 Å². The molecule has 4 heterocycles. The standard InChI is InChI=1S/C37H49BrFN5O4SSi/c1-21-17-25(44(22(21)2)36(46)47-15-16-50(7,8)9)12-13-26-32(41-31-24-19-28(31)43(20-24)35(45)48-37(3,4)5)27-18-23(11-10-14-40)29(38)30(39)33(27)42-34(26)49-6/h18,21-22,24-25,28,31H,10-11,15-17,19-20H2,1-9H3,(H,41,42)/t21-,22-,24-,25+,28-,31+/m1/s1. The molecule has 2 bridgehead atoms. The van der Waals surface area contributed by atoms with Gasteiger partial charge in [-0.05, 0) is 92.7 Å². The van der Waals surface area contributed by atoms with E-state index in [-0.39, 0.29) is 60.1 Å². The number of aromatic nitrogens is 1. The molecule has 0 spiro atoms. The van der Waals surface area contributed by atoms with Gasteiger partial charge in [0.2, 0.25) is 0 Å². The van der Waals surface area contributed by atoms with Crippen molar-refractivity contribution in [2.24, 2.45) is 11.8 Å². The molecule has 0 unspecified atom stereocenters. The van der Waals surface area contributed by atoms with E-state index in [1.165, 1.54) is 11.8 Å². The Morgan fingerprint density at radius 1 is 1.22 bits per heavy atom. The summed E-state index contributed by atoms with van der Waals surface area (Å²) in [6.07, 6.45) is 3.34. The number of amides is 2. The summed E-state index contributed by atoms with van der Waals surface area (Å²) in [5.74, 6) is 6.74. The first-order valence-electron chi connectivity index (χ1n) is 17.4. The second kappa shape index (κ2) is 14.9. The molecule has 4 aliphatic rings. The number of likely N-dealkylation sites (tertiary alicyclic amines) is 1. The molecule has 1 aromatic heterocycles. The number of rotatable bonds is 8. The number of hydrogen-bond donors (Lipinski definition) is 1. The van der Waals surface area contributed by atoms with E-state index in [0.29, 0.717) is 57.7 Å². The van der Waals surface area contributed by atoms with Crippen LogP contribution in [-0.4, -0.2) is 84.2 Å². The number of aryl methyl sites for hydroxylation is 1. The molecule has 0 radical (unpaired) electrons. The molecule has 6 atom stereocenters. The van der Waals surface area contributed by atoms with E-state index in [1.807, 2.05) is 40.0 Å². The van der Waals surface area contributed by atoms with Crippen molar-refractivity contribution in [2.45, 2.75) is 121 Å². The molecular formula is C37H49BrFN5O4SSi. The maximum absolute atomic E-state index is 16.1. The van der Waals surface area contributed by atoms with Crippen molar-refractivity contribution in [1.29, 1.82) is 5.26 Å². The monoisotopic (exact) mass is 785 g/mol. The molecule has 50 heavy (non-hydrogen) atoms. The number of carbonyl (C=O) groups excluding carboxylic acids is 2. The van der Waals surface area contributed by atoms with Crippen LogP contribution in [0.2, 0.25) is 25.7 Å². The van der Waals surface area contributed by atoms with E-state index < -0.39 is 19.5 Å². The summed E-state index contributed by atoms with van der Waals surface area (Å²) in [6.45, 7) is 17.5. The van der Waals surface area contributed by atoms with Crippen molar-refractivity contribution in [3.05, 3.63) is 27.5 Å². The highest BCUT2D eigenvalue weighted by molar-refractivity contribution is 9.10. The zero-order chi connectivity index (χ0) is 36.7. The van der Waals surface area contributed by atoms with Crippen LogP contribution in [0.5, 0.6) is 0 Å². The second-order valence-electron chi connectivity index (χ2n) is 16.0. The molecule has 3 saturated heterocycles. The summed E-state index contributed by atoms with van der Waals surface area (Å²) in [6, 6.07) is 4.34. The topological polar surface area (TPSA) is 108 Å². The fraction of sp³-hybridized carbons (Fsp3) is 0.622. The molecule has 9 nitrogen and oxygen atoms in total. The van der Waals surface area contributed by atoms with Gasteiger partial charge in [-0.2, -0.15) is 5.26 Å². The molecule has 2 aromatic rings. The number of carbonyl (C=O) groups is 2. The maximum Gasteiger partial charge on any atom is 0.411 e. The first kappa shape index (κ1) is 38.2. The number of hydrogen-bond acceptors (Lipinski definition) is 8. The molecule has 3 aliphatic heterocycles. The first-order valence-corrected chi connectivity index (χ1v) is 23.1. The van der Waals surface area contributed by atoms with Crippen LogP contribution >= 0.6 is 27.7 Å². The predicted molar refractivity (Wildman–Crippen MR) is 203 cm³/mol. The Hall–Kier alpha value is -3.00. The van der Waals surface area contributed by atoms with Gasteiger partial charge in [-0.15, -0.1) is 11.8 Å². The second-order valence-corrected chi connectivity index (χ2v) is 23.2. The summed E-state index contributed by atoms with van der Waals surface area (Å²) in [4.78, 5) is 34.9. The Labute approximate surface area is 309 Å². The molecule has 270 valence electrons. The molecular weight excluding hydrogens is 737 g/mol. The third-order valence-electron chi connectivity index (χ3n) is 9.98. The minimum absolute atomic E-state index is 0.0420. The van der Waals surface area contributed by atoms with Gasteiger partial charge in [0.05, 0.1) is 46.5 Å². The van der Waals surface area contributed by atoms with Gasteiger partial charge in [0, 0.05) is 38.4 Å². The zero-order valence-electron chi connectivity index (χ0n) is 30.6. The van der Waals surface area contributed by atoms with Gasteiger partial charge in [0.25, 0.3) is 0 Å². The Morgan fingerprint density at radius 3 is 2.58 bits per heavy atom. The lowest BCUT2D eigenvalue weighted by Gasteiger charge is -2.38. The van der Waals surface area contributed by atoms with E-state index in [2.05, 4.69) is 65.7 Å². The van der Waals surface area contributed by atoms with Gasteiger partial charge in [0.1, 0.15) is 16.1 Å². The average molecular weight is 787 g/mol. The van der Waals surface area contributed by atoms with Gasteiger partial charge >= 0.3 is 12.2 Å². The fourth-order valence-electron chi connectivity index (χ4n) is 7.00. The normalized spacial score (nSPS) is 24.4. The summed E-state index contributed by atoms with van der Waals surface area (Å²) in [7, 11) is -1.38. The van der Waals surface area contributed by atoms with Crippen LogP contribution in [0.4, 0.5) is 19.7 Å². The lowest BCUT2D eigenvalue weighted by molar-refractivity contribution is 0.0239. The minimum Gasteiger partial charge on any atom is -0.450 e. The summed E-state index contributed by atoms with van der Waals surface area (Å²) < 4.78 is 27.9. The van der Waals surface area contributed by atoms with Gasteiger partial charge in [0.15, 0.2) is 5.82 Å². The highest BCUT2D eigenvalue weighted by Crippen LogP contribution is 2.46. The number of benzene rings is 1. The number of pyridine rings is 1. The van der Waals surface area contributed by atoms with Gasteiger partial charge < -0.3 is 19.7 Å². The van der Waals surface area contributed by atoms with E-state index in [0.717, 1.165) is 12.5 Å². The number of halogens is 2. The predicted octanol–water partition coefficient (Wildman–Crippen LogP) is 8.66. The third-order valence-corrected chi connectivity index (χ3v) is 13.2. The minimum atomic E-state index is -1.38. The Morgan fingerprint density at radius 2 is 1.94 bits per heavy atom. The number of ether oxygens (including phenoxy) is 2. The zero-order valence-corrected chi connectivity index (χ0v) is 34.0. The van der Waals surface area contributed by atoms with Crippen molar-refractivity contribution < 1.29 is 23.5 Å². The van der Waals surface area contributed by atoms with Crippen LogP contribution in [0.1, 0.15) is 65.0 Å². The third kappa shape index (κ3) is 8.05. The lowest BCUT2D eigenvalue weighted by Crippen LogP contribution is -2.50. The maximum atomic E-state index is 16.1. The highest BCUT2D eigenvalue weighted by atomic mass is 79.9. The van der Waals surface area contributed by atoms with Crippen molar-refractivity contribution in [3.63, 3.8) is 0 Å². The Bertz CT molecular complexity index is 1760. The van der Waals surface area contributed by atoms with Crippen molar-refractivity contribution >= 4 is 64.5 Å². The molecule has 2 amide bonds. The number of fused-ring (bicyclic) bond motifs is 2. The van der Waals surface area contributed by atoms with Crippen LogP contribution in [0.25, 0.3) is 10.9 Å². The van der Waals surface area contributed by atoms with E-state index >= 15 is 4.39 Å². The van der Waals surface area contributed by atoms with Crippen LogP contribution in [0, 0.1) is 40.8 Å². The summed E-state index contributed by atoms with van der Waals surface area (Å²) in [5, 5.41) is 14.1. The van der Waals surface area contributed by atoms with Crippen LogP contribution in [-0.2, 0) is 15.9 Å². The summed E-state index contributed by atoms with van der Waals surface area (Å²) >= 11 is 4.80. The van der Waals surface area contributed by atoms with Gasteiger partial charge in [-0.25, -0.2) is 19.0 Å². The van der Waals surface area contributed by atoms with E-state index in [1.54, 1.807) is 9.80 Å². The highest BCUT2D eigenvalue weighted by Gasteiger charge is 2.55. The average Bonchev–Trinajstić information content (AvgIpc) is 3.70. The number of nitrogens with one attached hydrogen (secondary N) is 1. The molecule has 1 saturated carbocycles. The van der Waals surface area contributed by atoms with Crippen LogP contribution in [0.15, 0.2) is 15.6 Å². The largest absolute Gasteiger partial charge is 0.450 e. The van der Waals surface area contributed by atoms with Gasteiger partial charge in [-0.3, -0.25) is 4.90 Å². The van der Waals surface area contributed by atoms with Crippen LogP contribution < -0.4 is 5.32 Å².